The first-order valence-electron chi connectivity index (χ1n) is 7.15. The molecule has 0 spiro atoms. The van der Waals surface area contributed by atoms with E-state index in [1.807, 2.05) is 24.3 Å². The topological polar surface area (TPSA) is 43.3 Å². The van der Waals surface area contributed by atoms with Crippen LogP contribution in [0.15, 0.2) is 42.5 Å². The predicted molar refractivity (Wildman–Crippen MR) is 90.1 cm³/mol. The van der Waals surface area contributed by atoms with Gasteiger partial charge >= 0.3 is 0 Å². The van der Waals surface area contributed by atoms with Crippen molar-refractivity contribution >= 4 is 28.1 Å². The van der Waals surface area contributed by atoms with Crippen LogP contribution < -0.4 is 5.32 Å². The Kier molecular flexibility index (Phi) is 4.27. The van der Waals surface area contributed by atoms with Crippen LogP contribution in [0.3, 0.4) is 0 Å². The molecule has 3 aromatic rings. The SMILES string of the molecule is COCCNC(=O)c1ccc(-n2c(C)cc3ccccc32)s1. The molecular weight excluding hydrogens is 296 g/mol. The molecule has 0 bridgehead atoms. The highest BCUT2D eigenvalue weighted by molar-refractivity contribution is 7.16. The highest BCUT2D eigenvalue weighted by atomic mass is 32.1. The Balaban J connectivity index is 1.89. The molecule has 1 N–H and O–H groups in total. The summed E-state index contributed by atoms with van der Waals surface area (Å²) in [4.78, 5) is 12.8. The number of aromatic nitrogens is 1. The molecule has 0 aliphatic heterocycles. The molecule has 4 nitrogen and oxygen atoms in total. The number of nitrogens with zero attached hydrogens (tertiary/aromatic N) is 1. The van der Waals surface area contributed by atoms with Crippen molar-refractivity contribution in [2.24, 2.45) is 0 Å². The molecule has 5 heteroatoms. The van der Waals surface area contributed by atoms with Crippen molar-refractivity contribution in [2.75, 3.05) is 20.3 Å². The lowest BCUT2D eigenvalue weighted by molar-refractivity contribution is 0.0941. The minimum Gasteiger partial charge on any atom is -0.383 e. The summed E-state index contributed by atoms with van der Waals surface area (Å²) in [6.07, 6.45) is 0. The first-order valence-corrected chi connectivity index (χ1v) is 7.97. The van der Waals surface area contributed by atoms with Crippen molar-refractivity contribution in [3.05, 3.63) is 53.0 Å². The summed E-state index contributed by atoms with van der Waals surface area (Å²) in [5.41, 5.74) is 2.32. The number of hydrogen-bond acceptors (Lipinski definition) is 3. The standard InChI is InChI=1S/C17H18N2O2S/c1-12-11-13-5-3-4-6-14(13)19(12)16-8-7-15(22-16)17(20)18-9-10-21-2/h3-8,11H,9-10H2,1-2H3,(H,18,20). The maximum atomic E-state index is 12.1. The number of methoxy groups -OCH3 is 1. The lowest BCUT2D eigenvalue weighted by Gasteiger charge is -2.05. The van der Waals surface area contributed by atoms with Gasteiger partial charge in [0.1, 0.15) is 5.00 Å². The van der Waals surface area contributed by atoms with Gasteiger partial charge in [0.05, 0.1) is 17.0 Å². The van der Waals surface area contributed by atoms with Gasteiger partial charge in [-0.2, -0.15) is 0 Å². The third-order valence-electron chi connectivity index (χ3n) is 3.52. The van der Waals surface area contributed by atoms with E-state index in [9.17, 15) is 4.79 Å². The summed E-state index contributed by atoms with van der Waals surface area (Å²) < 4.78 is 7.13. The second kappa shape index (κ2) is 6.34. The molecule has 0 aliphatic carbocycles. The Hall–Kier alpha value is -2.11. The van der Waals surface area contributed by atoms with Crippen molar-refractivity contribution < 1.29 is 9.53 Å². The minimum atomic E-state index is -0.0533. The second-order valence-electron chi connectivity index (χ2n) is 5.07. The average molecular weight is 314 g/mol. The number of amides is 1. The Labute approximate surface area is 133 Å². The van der Waals surface area contributed by atoms with Gasteiger partial charge in [-0.3, -0.25) is 4.79 Å². The van der Waals surface area contributed by atoms with E-state index in [4.69, 9.17) is 4.74 Å². The van der Waals surface area contributed by atoms with Crippen LogP contribution in [0.4, 0.5) is 0 Å². The van der Waals surface area contributed by atoms with Crippen molar-refractivity contribution in [1.82, 2.24) is 9.88 Å². The van der Waals surface area contributed by atoms with E-state index in [2.05, 4.69) is 35.0 Å². The van der Waals surface area contributed by atoms with Gasteiger partial charge in [0.2, 0.25) is 0 Å². The van der Waals surface area contributed by atoms with E-state index in [-0.39, 0.29) is 5.91 Å². The maximum Gasteiger partial charge on any atom is 0.261 e. The van der Waals surface area contributed by atoms with Gasteiger partial charge in [0.15, 0.2) is 0 Å². The Bertz CT molecular complexity index is 804. The van der Waals surface area contributed by atoms with Gasteiger partial charge in [-0.25, -0.2) is 0 Å². The Morgan fingerprint density at radius 3 is 2.91 bits per heavy atom. The second-order valence-corrected chi connectivity index (χ2v) is 6.13. The summed E-state index contributed by atoms with van der Waals surface area (Å²) in [5, 5.41) is 5.11. The largest absolute Gasteiger partial charge is 0.383 e. The van der Waals surface area contributed by atoms with Gasteiger partial charge in [-0.05, 0) is 31.2 Å². The van der Waals surface area contributed by atoms with Crippen LogP contribution in [0.2, 0.25) is 0 Å². The predicted octanol–water partition coefficient (Wildman–Crippen LogP) is 3.38. The van der Waals surface area contributed by atoms with Crippen molar-refractivity contribution in [2.45, 2.75) is 6.92 Å². The number of hydrogen-bond donors (Lipinski definition) is 1. The summed E-state index contributed by atoms with van der Waals surface area (Å²) in [5.74, 6) is -0.0533. The van der Waals surface area contributed by atoms with Gasteiger partial charge in [-0.1, -0.05) is 18.2 Å². The van der Waals surface area contributed by atoms with Gasteiger partial charge in [-0.15, -0.1) is 11.3 Å². The molecule has 0 aliphatic rings. The summed E-state index contributed by atoms with van der Waals surface area (Å²) in [6, 6.07) is 14.3. The molecule has 0 saturated carbocycles. The quantitative estimate of drug-likeness (QED) is 0.734. The van der Waals surface area contributed by atoms with E-state index >= 15 is 0 Å². The van der Waals surface area contributed by atoms with Crippen LogP contribution in [-0.2, 0) is 4.74 Å². The molecule has 1 aromatic carbocycles. The fourth-order valence-corrected chi connectivity index (χ4v) is 3.50. The van der Waals surface area contributed by atoms with E-state index < -0.39 is 0 Å². The number of benzene rings is 1. The molecule has 0 radical (unpaired) electrons. The van der Waals surface area contributed by atoms with Gasteiger partial charge in [0.25, 0.3) is 5.91 Å². The van der Waals surface area contributed by atoms with Crippen LogP contribution in [0.1, 0.15) is 15.4 Å². The number of fused-ring (bicyclic) bond motifs is 1. The maximum absolute atomic E-state index is 12.1. The zero-order valence-electron chi connectivity index (χ0n) is 12.6. The molecule has 0 unspecified atom stereocenters. The molecule has 0 atom stereocenters. The zero-order valence-corrected chi connectivity index (χ0v) is 13.4. The van der Waals surface area contributed by atoms with E-state index in [0.717, 1.165) is 16.2 Å². The van der Waals surface area contributed by atoms with E-state index in [0.29, 0.717) is 18.0 Å². The highest BCUT2D eigenvalue weighted by Crippen LogP contribution is 2.28. The van der Waals surface area contributed by atoms with Crippen molar-refractivity contribution in [3.8, 4) is 5.00 Å². The number of carbonyl (C=O) groups excluding carboxylic acids is 1. The number of para-hydroxylation sites is 1. The number of carbonyl (C=O) groups is 1. The fourth-order valence-electron chi connectivity index (χ4n) is 2.51. The number of aryl methyl sites for hydroxylation is 1. The number of ether oxygens (including phenoxy) is 1. The lowest BCUT2D eigenvalue weighted by atomic mass is 10.2. The summed E-state index contributed by atoms with van der Waals surface area (Å²) in [6.45, 7) is 3.12. The van der Waals surface area contributed by atoms with Gasteiger partial charge in [0, 0.05) is 24.7 Å². The van der Waals surface area contributed by atoms with Gasteiger partial charge < -0.3 is 14.6 Å². The Morgan fingerprint density at radius 1 is 1.27 bits per heavy atom. The van der Waals surface area contributed by atoms with E-state index in [1.54, 1.807) is 7.11 Å². The molecule has 0 fully saturated rings. The van der Waals surface area contributed by atoms with Crippen LogP contribution in [0, 0.1) is 6.92 Å². The normalized spacial score (nSPS) is 11.0. The molecule has 0 saturated heterocycles. The van der Waals surface area contributed by atoms with Crippen molar-refractivity contribution in [3.63, 3.8) is 0 Å². The Morgan fingerprint density at radius 2 is 2.09 bits per heavy atom. The molecule has 2 aromatic heterocycles. The third-order valence-corrected chi connectivity index (χ3v) is 4.59. The molecule has 2 heterocycles. The van der Waals surface area contributed by atoms with Crippen molar-refractivity contribution in [1.29, 1.82) is 0 Å². The number of nitrogens with one attached hydrogen (secondary N) is 1. The average Bonchev–Trinajstić information content (AvgIpc) is 3.10. The van der Waals surface area contributed by atoms with Crippen LogP contribution >= 0.6 is 11.3 Å². The third kappa shape index (κ3) is 2.77. The molecule has 1 amide bonds. The number of thiophene rings is 1. The fraction of sp³-hybridized carbons (Fsp3) is 0.235. The van der Waals surface area contributed by atoms with E-state index in [1.165, 1.54) is 16.7 Å². The van der Waals surface area contributed by atoms with Crippen LogP contribution in [0.25, 0.3) is 15.9 Å². The molecule has 22 heavy (non-hydrogen) atoms. The lowest BCUT2D eigenvalue weighted by Crippen LogP contribution is -2.26. The highest BCUT2D eigenvalue weighted by Gasteiger charge is 2.13. The smallest absolute Gasteiger partial charge is 0.261 e. The van der Waals surface area contributed by atoms with Crippen LogP contribution in [0.5, 0.6) is 0 Å². The first-order chi connectivity index (χ1) is 10.7. The molecular formula is C17H18N2O2S. The monoisotopic (exact) mass is 314 g/mol. The number of rotatable bonds is 5. The summed E-state index contributed by atoms with van der Waals surface area (Å²) in [7, 11) is 1.62. The molecule has 114 valence electrons. The van der Waals surface area contributed by atoms with Crippen LogP contribution in [-0.4, -0.2) is 30.7 Å². The summed E-state index contributed by atoms with van der Waals surface area (Å²) >= 11 is 1.50. The first kappa shape index (κ1) is 14.8. The minimum absolute atomic E-state index is 0.0533. The zero-order chi connectivity index (χ0) is 15.5. The molecule has 3 rings (SSSR count).